The van der Waals surface area contributed by atoms with Crippen molar-refractivity contribution in [3.05, 3.63) is 83.6 Å². The molecule has 0 bridgehead atoms. The average molecular weight is 345 g/mol. The van der Waals surface area contributed by atoms with Gasteiger partial charge in [0, 0.05) is 11.7 Å². The molecule has 0 radical (unpaired) electrons. The molecule has 0 spiro atoms. The Kier molecular flexibility index (Phi) is 5.47. The quantitative estimate of drug-likeness (QED) is 0.403. The predicted molar refractivity (Wildman–Crippen MR) is 99.8 cm³/mol. The number of fused-ring (bicyclic) bond motifs is 1. The van der Waals surface area contributed by atoms with Crippen molar-refractivity contribution in [2.24, 2.45) is 0 Å². The lowest BCUT2D eigenvalue weighted by Crippen LogP contribution is -2.26. The standard InChI is InChI=1S/C21H19N3O2/c1-15(17-5-3-2-4-6-17)26-24-21(25)19(14-22)9-7-16-8-10-20-18(13-16)11-12-23-20/h2-6,8-13,15,23H,7H2,1H3,(H,24,25)/b19-9-. The van der Waals surface area contributed by atoms with Crippen LogP contribution in [0, 0.1) is 11.3 Å². The van der Waals surface area contributed by atoms with E-state index in [9.17, 15) is 10.1 Å². The molecular formula is C21H19N3O2. The Bertz CT molecular complexity index is 968. The van der Waals surface area contributed by atoms with Crippen molar-refractivity contribution in [3.63, 3.8) is 0 Å². The Labute approximate surface area is 151 Å². The number of hydrogen-bond donors (Lipinski definition) is 2. The second-order valence-electron chi connectivity index (χ2n) is 5.93. The van der Waals surface area contributed by atoms with Crippen LogP contribution in [0.4, 0.5) is 0 Å². The van der Waals surface area contributed by atoms with Crippen LogP contribution in [0.15, 0.2) is 72.4 Å². The molecule has 2 aromatic carbocycles. The highest BCUT2D eigenvalue weighted by atomic mass is 16.7. The summed E-state index contributed by atoms with van der Waals surface area (Å²) in [5.41, 5.74) is 5.41. The summed E-state index contributed by atoms with van der Waals surface area (Å²) in [4.78, 5) is 20.7. The van der Waals surface area contributed by atoms with E-state index in [2.05, 4.69) is 10.5 Å². The van der Waals surface area contributed by atoms with Gasteiger partial charge in [-0.3, -0.25) is 9.63 Å². The molecule has 0 aliphatic heterocycles. The number of hydrogen-bond acceptors (Lipinski definition) is 3. The second kappa shape index (κ2) is 8.15. The van der Waals surface area contributed by atoms with E-state index in [1.807, 2.05) is 73.8 Å². The van der Waals surface area contributed by atoms with Crippen LogP contribution in [0.25, 0.3) is 10.9 Å². The highest BCUT2D eigenvalue weighted by molar-refractivity contribution is 5.96. The SMILES string of the molecule is CC(ONC(=O)/C(C#N)=C\Cc1ccc2[nH]ccc2c1)c1ccccc1. The van der Waals surface area contributed by atoms with Gasteiger partial charge >= 0.3 is 0 Å². The molecule has 0 aliphatic rings. The third kappa shape index (κ3) is 4.18. The summed E-state index contributed by atoms with van der Waals surface area (Å²) in [5, 5.41) is 10.4. The Morgan fingerprint density at radius 3 is 2.85 bits per heavy atom. The van der Waals surface area contributed by atoms with Crippen molar-refractivity contribution >= 4 is 16.8 Å². The molecule has 1 heterocycles. The molecule has 1 atom stereocenters. The summed E-state index contributed by atoms with van der Waals surface area (Å²) < 4.78 is 0. The number of amides is 1. The molecule has 5 heteroatoms. The Morgan fingerprint density at radius 1 is 1.27 bits per heavy atom. The van der Waals surface area contributed by atoms with Gasteiger partial charge in [0.05, 0.1) is 0 Å². The zero-order chi connectivity index (χ0) is 18.4. The van der Waals surface area contributed by atoms with Crippen molar-refractivity contribution in [1.29, 1.82) is 5.26 Å². The van der Waals surface area contributed by atoms with Crippen LogP contribution in [0.1, 0.15) is 24.2 Å². The van der Waals surface area contributed by atoms with Gasteiger partial charge in [-0.15, -0.1) is 0 Å². The topological polar surface area (TPSA) is 77.9 Å². The molecule has 1 aromatic heterocycles. The van der Waals surface area contributed by atoms with Crippen LogP contribution in [0.3, 0.4) is 0 Å². The summed E-state index contributed by atoms with van der Waals surface area (Å²) >= 11 is 0. The summed E-state index contributed by atoms with van der Waals surface area (Å²) in [5.74, 6) is -0.544. The van der Waals surface area contributed by atoms with Gasteiger partial charge in [0.15, 0.2) is 0 Å². The van der Waals surface area contributed by atoms with Gasteiger partial charge in [0.25, 0.3) is 5.91 Å². The number of nitrogens with one attached hydrogen (secondary N) is 2. The van der Waals surface area contributed by atoms with E-state index in [-0.39, 0.29) is 11.7 Å². The zero-order valence-electron chi connectivity index (χ0n) is 14.4. The lowest BCUT2D eigenvalue weighted by atomic mass is 10.1. The van der Waals surface area contributed by atoms with Crippen LogP contribution >= 0.6 is 0 Å². The number of hydroxylamine groups is 1. The largest absolute Gasteiger partial charge is 0.361 e. The van der Waals surface area contributed by atoms with Crippen molar-refractivity contribution < 1.29 is 9.63 Å². The van der Waals surface area contributed by atoms with Crippen molar-refractivity contribution in [3.8, 4) is 6.07 Å². The Hall–Kier alpha value is -3.36. The first-order chi connectivity index (χ1) is 12.7. The van der Waals surface area contributed by atoms with Crippen LogP contribution in [-0.4, -0.2) is 10.9 Å². The lowest BCUT2D eigenvalue weighted by molar-refractivity contribution is -0.133. The second-order valence-corrected chi connectivity index (χ2v) is 5.93. The van der Waals surface area contributed by atoms with E-state index < -0.39 is 5.91 Å². The molecule has 0 aliphatic carbocycles. The number of nitrogens with zero attached hydrogens (tertiary/aromatic N) is 1. The monoisotopic (exact) mass is 345 g/mol. The number of H-pyrrole nitrogens is 1. The maximum absolute atomic E-state index is 12.2. The first-order valence-corrected chi connectivity index (χ1v) is 8.34. The molecule has 0 fully saturated rings. The van der Waals surface area contributed by atoms with E-state index in [1.165, 1.54) is 0 Å². The molecule has 2 N–H and O–H groups in total. The third-order valence-corrected chi connectivity index (χ3v) is 4.12. The minimum absolute atomic E-state index is 0.0272. The van der Waals surface area contributed by atoms with Gasteiger partial charge in [0.2, 0.25) is 0 Å². The van der Waals surface area contributed by atoms with Gasteiger partial charge in [-0.1, -0.05) is 42.5 Å². The molecule has 1 amide bonds. The number of aromatic amines is 1. The minimum atomic E-state index is -0.544. The number of aromatic nitrogens is 1. The number of allylic oxidation sites excluding steroid dienone is 1. The summed E-state index contributed by atoms with van der Waals surface area (Å²) in [6.45, 7) is 1.83. The molecule has 0 saturated heterocycles. The lowest BCUT2D eigenvalue weighted by Gasteiger charge is -2.13. The fraction of sp³-hybridized carbons (Fsp3) is 0.143. The van der Waals surface area contributed by atoms with E-state index in [4.69, 9.17) is 4.84 Å². The maximum atomic E-state index is 12.2. The first kappa shape index (κ1) is 17.5. The van der Waals surface area contributed by atoms with E-state index in [0.717, 1.165) is 22.0 Å². The highest BCUT2D eigenvalue weighted by Gasteiger charge is 2.12. The van der Waals surface area contributed by atoms with Gasteiger partial charge in [0.1, 0.15) is 17.7 Å². The number of nitriles is 1. The molecule has 3 aromatic rings. The Balaban J connectivity index is 1.61. The van der Waals surface area contributed by atoms with E-state index in [1.54, 1.807) is 6.08 Å². The predicted octanol–water partition coefficient (Wildman–Crippen LogP) is 3.97. The van der Waals surface area contributed by atoms with Crippen molar-refractivity contribution in [2.45, 2.75) is 19.4 Å². The first-order valence-electron chi connectivity index (χ1n) is 8.34. The van der Waals surface area contributed by atoms with Crippen LogP contribution in [0.2, 0.25) is 0 Å². The van der Waals surface area contributed by atoms with Crippen LogP contribution in [0.5, 0.6) is 0 Å². The highest BCUT2D eigenvalue weighted by Crippen LogP contribution is 2.16. The van der Waals surface area contributed by atoms with Gasteiger partial charge in [-0.25, -0.2) is 5.48 Å². The van der Waals surface area contributed by atoms with Gasteiger partial charge in [-0.05, 0) is 48.1 Å². The molecule has 26 heavy (non-hydrogen) atoms. The van der Waals surface area contributed by atoms with Gasteiger partial charge in [-0.2, -0.15) is 5.26 Å². The van der Waals surface area contributed by atoms with Crippen LogP contribution < -0.4 is 5.48 Å². The molecule has 5 nitrogen and oxygen atoms in total. The summed E-state index contributed by atoms with van der Waals surface area (Å²) in [7, 11) is 0. The van der Waals surface area contributed by atoms with E-state index in [0.29, 0.717) is 6.42 Å². The number of carbonyl (C=O) groups is 1. The molecule has 3 rings (SSSR count). The Morgan fingerprint density at radius 2 is 2.08 bits per heavy atom. The maximum Gasteiger partial charge on any atom is 0.285 e. The van der Waals surface area contributed by atoms with Crippen molar-refractivity contribution in [1.82, 2.24) is 10.5 Å². The molecule has 0 saturated carbocycles. The number of rotatable bonds is 6. The molecule has 130 valence electrons. The average Bonchev–Trinajstić information content (AvgIpc) is 3.15. The smallest absolute Gasteiger partial charge is 0.285 e. The normalized spacial score (nSPS) is 12.5. The van der Waals surface area contributed by atoms with Crippen LogP contribution in [-0.2, 0) is 16.1 Å². The minimum Gasteiger partial charge on any atom is -0.361 e. The number of benzene rings is 2. The third-order valence-electron chi connectivity index (χ3n) is 4.12. The fourth-order valence-electron chi connectivity index (χ4n) is 2.63. The summed E-state index contributed by atoms with van der Waals surface area (Å²) in [6, 6.07) is 19.4. The number of carbonyl (C=O) groups excluding carboxylic acids is 1. The zero-order valence-corrected chi connectivity index (χ0v) is 14.4. The van der Waals surface area contributed by atoms with E-state index >= 15 is 0 Å². The fourth-order valence-corrected chi connectivity index (χ4v) is 2.63. The molecular weight excluding hydrogens is 326 g/mol. The summed E-state index contributed by atoms with van der Waals surface area (Å²) in [6.07, 6.45) is 3.67. The van der Waals surface area contributed by atoms with Gasteiger partial charge < -0.3 is 4.98 Å². The van der Waals surface area contributed by atoms with Crippen molar-refractivity contribution in [2.75, 3.05) is 0 Å². The molecule has 1 unspecified atom stereocenters.